The number of ether oxygens (including phenoxy) is 1. The molecule has 1 amide bonds. The zero-order chi connectivity index (χ0) is 18.6. The summed E-state index contributed by atoms with van der Waals surface area (Å²) in [5.41, 5.74) is -0.104. The molecule has 0 bridgehead atoms. The Hall–Kier alpha value is -2.25. The number of aliphatic carboxylic acids is 1. The highest BCUT2D eigenvalue weighted by molar-refractivity contribution is 5.80. The van der Waals surface area contributed by atoms with E-state index in [9.17, 15) is 22.8 Å². The molecule has 0 aromatic heterocycles. The fourth-order valence-electron chi connectivity index (χ4n) is 3.06. The van der Waals surface area contributed by atoms with Gasteiger partial charge in [0.05, 0.1) is 13.0 Å². The standard InChI is InChI=1S/C17H20F3NO4/c1-25-13-7-5-10(6-8-13)14(17(18,19)20)21-15(22)11-3-2-4-12(9-11)16(23)24/h5-8,11-12,14H,2-4,9H2,1H3,(H,21,22)(H,23,24). The third-order valence-corrected chi connectivity index (χ3v) is 4.46. The normalized spacial score (nSPS) is 22.1. The minimum absolute atomic E-state index is 0.0638. The van der Waals surface area contributed by atoms with Crippen LogP contribution in [0.3, 0.4) is 0 Å². The first-order valence-electron chi connectivity index (χ1n) is 7.96. The van der Waals surface area contributed by atoms with E-state index in [4.69, 9.17) is 9.84 Å². The third-order valence-electron chi connectivity index (χ3n) is 4.46. The quantitative estimate of drug-likeness (QED) is 0.846. The summed E-state index contributed by atoms with van der Waals surface area (Å²) in [5, 5.41) is 11.1. The van der Waals surface area contributed by atoms with Gasteiger partial charge in [-0.2, -0.15) is 13.2 Å². The van der Waals surface area contributed by atoms with Crippen LogP contribution in [0.25, 0.3) is 0 Å². The first-order chi connectivity index (χ1) is 11.7. The predicted molar refractivity (Wildman–Crippen MR) is 83.0 cm³/mol. The van der Waals surface area contributed by atoms with Gasteiger partial charge in [0.2, 0.25) is 5.91 Å². The van der Waals surface area contributed by atoms with E-state index in [1.54, 1.807) is 0 Å². The topological polar surface area (TPSA) is 75.6 Å². The summed E-state index contributed by atoms with van der Waals surface area (Å²) in [7, 11) is 1.40. The van der Waals surface area contributed by atoms with E-state index in [2.05, 4.69) is 0 Å². The molecule has 138 valence electrons. The molecule has 5 nitrogen and oxygen atoms in total. The number of carboxylic acids is 1. The highest BCUT2D eigenvalue weighted by Gasteiger charge is 2.43. The fraction of sp³-hybridized carbons (Fsp3) is 0.529. The fourth-order valence-corrected chi connectivity index (χ4v) is 3.06. The average molecular weight is 359 g/mol. The SMILES string of the molecule is COc1ccc(C(NC(=O)C2CCCC(C(=O)O)C2)C(F)(F)F)cc1. The zero-order valence-electron chi connectivity index (χ0n) is 13.7. The number of methoxy groups -OCH3 is 1. The number of benzene rings is 1. The van der Waals surface area contributed by atoms with Gasteiger partial charge < -0.3 is 15.2 Å². The summed E-state index contributed by atoms with van der Waals surface area (Å²) in [6.45, 7) is 0. The van der Waals surface area contributed by atoms with Crippen LogP contribution in [0.1, 0.15) is 37.3 Å². The van der Waals surface area contributed by atoms with E-state index >= 15 is 0 Å². The second-order valence-corrected chi connectivity index (χ2v) is 6.16. The van der Waals surface area contributed by atoms with Gasteiger partial charge in [-0.05, 0) is 37.0 Å². The van der Waals surface area contributed by atoms with Crippen molar-refractivity contribution in [3.63, 3.8) is 0 Å². The minimum Gasteiger partial charge on any atom is -0.497 e. The van der Waals surface area contributed by atoms with Crippen LogP contribution in [0.5, 0.6) is 5.75 Å². The van der Waals surface area contributed by atoms with Crippen molar-refractivity contribution in [1.29, 1.82) is 0 Å². The molecule has 2 rings (SSSR count). The van der Waals surface area contributed by atoms with E-state index in [1.165, 1.54) is 31.4 Å². The highest BCUT2D eigenvalue weighted by Crippen LogP contribution is 2.35. The molecular weight excluding hydrogens is 339 g/mol. The Morgan fingerprint density at radius 1 is 1.20 bits per heavy atom. The molecule has 0 saturated heterocycles. The van der Waals surface area contributed by atoms with Gasteiger partial charge >= 0.3 is 12.1 Å². The van der Waals surface area contributed by atoms with Crippen LogP contribution in [0.2, 0.25) is 0 Å². The second-order valence-electron chi connectivity index (χ2n) is 6.16. The largest absolute Gasteiger partial charge is 0.497 e. The van der Waals surface area contributed by atoms with Crippen molar-refractivity contribution in [2.75, 3.05) is 7.11 Å². The zero-order valence-corrected chi connectivity index (χ0v) is 13.7. The highest BCUT2D eigenvalue weighted by atomic mass is 19.4. The maximum Gasteiger partial charge on any atom is 0.412 e. The van der Waals surface area contributed by atoms with E-state index < -0.39 is 35.9 Å². The molecule has 1 aromatic rings. The maximum atomic E-state index is 13.4. The van der Waals surface area contributed by atoms with Crippen molar-refractivity contribution in [3.05, 3.63) is 29.8 Å². The Morgan fingerprint density at radius 3 is 2.32 bits per heavy atom. The Bertz CT molecular complexity index is 615. The number of hydrogen-bond donors (Lipinski definition) is 2. The van der Waals surface area contributed by atoms with E-state index in [1.807, 2.05) is 5.32 Å². The van der Waals surface area contributed by atoms with Crippen LogP contribution < -0.4 is 10.1 Å². The van der Waals surface area contributed by atoms with Crippen molar-refractivity contribution in [3.8, 4) is 5.75 Å². The Morgan fingerprint density at radius 2 is 1.80 bits per heavy atom. The van der Waals surface area contributed by atoms with E-state index in [-0.39, 0.29) is 12.0 Å². The number of halogens is 3. The van der Waals surface area contributed by atoms with E-state index in [0.29, 0.717) is 25.0 Å². The minimum atomic E-state index is -4.66. The van der Waals surface area contributed by atoms with Crippen LogP contribution in [0.4, 0.5) is 13.2 Å². The van der Waals surface area contributed by atoms with Crippen molar-refractivity contribution in [2.24, 2.45) is 11.8 Å². The van der Waals surface area contributed by atoms with Crippen LogP contribution >= 0.6 is 0 Å². The molecule has 8 heteroatoms. The molecule has 3 atom stereocenters. The number of carboxylic acid groups (broad SMARTS) is 1. The number of rotatable bonds is 5. The van der Waals surface area contributed by atoms with Gasteiger partial charge in [-0.1, -0.05) is 18.6 Å². The Kier molecular flexibility index (Phi) is 5.92. The lowest BCUT2D eigenvalue weighted by molar-refractivity contribution is -0.165. The molecule has 0 radical (unpaired) electrons. The molecule has 1 aromatic carbocycles. The maximum absolute atomic E-state index is 13.4. The molecule has 1 aliphatic rings. The van der Waals surface area contributed by atoms with Crippen LogP contribution in [0, 0.1) is 11.8 Å². The van der Waals surface area contributed by atoms with Gasteiger partial charge in [-0.25, -0.2) is 0 Å². The predicted octanol–water partition coefficient (Wildman–Crippen LogP) is 3.31. The van der Waals surface area contributed by atoms with E-state index in [0.717, 1.165) is 0 Å². The monoisotopic (exact) mass is 359 g/mol. The van der Waals surface area contributed by atoms with Crippen LogP contribution in [-0.2, 0) is 9.59 Å². The van der Waals surface area contributed by atoms with Gasteiger partial charge in [0.15, 0.2) is 6.04 Å². The van der Waals surface area contributed by atoms with Gasteiger partial charge in [0.25, 0.3) is 0 Å². The second kappa shape index (κ2) is 7.76. The van der Waals surface area contributed by atoms with Gasteiger partial charge in [-0.3, -0.25) is 9.59 Å². The van der Waals surface area contributed by atoms with Crippen molar-refractivity contribution >= 4 is 11.9 Å². The summed E-state index contributed by atoms with van der Waals surface area (Å²) < 4.78 is 45.1. The van der Waals surface area contributed by atoms with Crippen molar-refractivity contribution < 1.29 is 32.6 Å². The number of amides is 1. The summed E-state index contributed by atoms with van der Waals surface area (Å²) in [6.07, 6.45) is -3.25. The number of carbonyl (C=O) groups is 2. The van der Waals surface area contributed by atoms with Crippen LogP contribution in [0.15, 0.2) is 24.3 Å². The summed E-state index contributed by atoms with van der Waals surface area (Å²) in [6, 6.07) is 3.13. The molecule has 2 N–H and O–H groups in total. The molecule has 0 aliphatic heterocycles. The first kappa shape index (κ1) is 19.1. The summed E-state index contributed by atoms with van der Waals surface area (Å²) >= 11 is 0. The van der Waals surface area contributed by atoms with Gasteiger partial charge in [-0.15, -0.1) is 0 Å². The number of carbonyl (C=O) groups excluding carboxylic acids is 1. The van der Waals surface area contributed by atoms with Gasteiger partial charge in [0, 0.05) is 5.92 Å². The smallest absolute Gasteiger partial charge is 0.412 e. The molecule has 1 aliphatic carbocycles. The summed E-state index contributed by atoms with van der Waals surface area (Å²) in [4.78, 5) is 23.4. The molecule has 3 unspecified atom stereocenters. The molecule has 1 saturated carbocycles. The molecule has 0 heterocycles. The molecule has 1 fully saturated rings. The first-order valence-corrected chi connectivity index (χ1v) is 7.96. The molecular formula is C17H20F3NO4. The lowest BCUT2D eigenvalue weighted by Crippen LogP contribution is -2.42. The number of hydrogen-bond acceptors (Lipinski definition) is 3. The molecule has 25 heavy (non-hydrogen) atoms. The Balaban J connectivity index is 2.13. The number of alkyl halides is 3. The van der Waals surface area contributed by atoms with Gasteiger partial charge in [0.1, 0.15) is 5.75 Å². The van der Waals surface area contributed by atoms with Crippen LogP contribution in [-0.4, -0.2) is 30.3 Å². The molecule has 0 spiro atoms. The van der Waals surface area contributed by atoms with Crippen molar-refractivity contribution in [2.45, 2.75) is 37.9 Å². The third kappa shape index (κ3) is 4.87. The summed E-state index contributed by atoms with van der Waals surface area (Å²) in [5.74, 6) is -2.77. The number of nitrogens with one attached hydrogen (secondary N) is 1. The lowest BCUT2D eigenvalue weighted by atomic mass is 9.81. The van der Waals surface area contributed by atoms with Crippen molar-refractivity contribution in [1.82, 2.24) is 5.32 Å². The average Bonchev–Trinajstić information content (AvgIpc) is 2.58. The Labute approximate surface area is 143 Å². The lowest BCUT2D eigenvalue weighted by Gasteiger charge is -2.29.